The van der Waals surface area contributed by atoms with Crippen molar-refractivity contribution in [1.82, 2.24) is 4.90 Å². The van der Waals surface area contributed by atoms with Crippen LogP contribution in [0, 0.1) is 10.1 Å². The van der Waals surface area contributed by atoms with E-state index in [2.05, 4.69) is 50.2 Å². The molecule has 0 spiro atoms. The van der Waals surface area contributed by atoms with Crippen molar-refractivity contribution in [1.29, 1.82) is 0 Å². The first-order valence-electron chi connectivity index (χ1n) is 9.58. The van der Waals surface area contributed by atoms with Gasteiger partial charge < -0.3 is 10.2 Å². The van der Waals surface area contributed by atoms with Crippen molar-refractivity contribution in [3.63, 3.8) is 0 Å². The number of nitrogens with one attached hydrogen (secondary N) is 1. The van der Waals surface area contributed by atoms with E-state index in [1.54, 1.807) is 6.07 Å². The second-order valence-corrected chi connectivity index (χ2v) is 8.59. The average molecular weight is 367 g/mol. The molecule has 3 rings (SSSR count). The fourth-order valence-corrected chi connectivity index (χ4v) is 3.72. The number of nitro benzene ring substituents is 1. The second-order valence-electron chi connectivity index (χ2n) is 8.59. The molecule has 0 aromatic heterocycles. The molecule has 0 saturated carbocycles. The summed E-state index contributed by atoms with van der Waals surface area (Å²) < 4.78 is 0. The number of likely N-dealkylation sites (tertiary alicyclic amines) is 1. The van der Waals surface area contributed by atoms with Crippen molar-refractivity contribution < 1.29 is 4.92 Å². The zero-order chi connectivity index (χ0) is 19.6. The molecule has 0 aliphatic carbocycles. The predicted octanol–water partition coefficient (Wildman–Crippen LogP) is 5.45. The molecule has 0 amide bonds. The molecule has 2 aromatic rings. The predicted molar refractivity (Wildman–Crippen MR) is 111 cm³/mol. The highest BCUT2D eigenvalue weighted by molar-refractivity contribution is 5.70. The summed E-state index contributed by atoms with van der Waals surface area (Å²) in [5, 5.41) is 14.9. The van der Waals surface area contributed by atoms with Gasteiger partial charge in [0.25, 0.3) is 5.69 Å². The minimum Gasteiger partial charge on any atom is -0.350 e. The van der Waals surface area contributed by atoms with Gasteiger partial charge in [-0.25, -0.2) is 0 Å². The Bertz CT molecular complexity index is 827. The van der Waals surface area contributed by atoms with Gasteiger partial charge in [-0.1, -0.05) is 39.0 Å². The van der Waals surface area contributed by atoms with Crippen molar-refractivity contribution in [3.05, 3.63) is 63.7 Å². The lowest BCUT2D eigenvalue weighted by molar-refractivity contribution is -0.384. The minimum absolute atomic E-state index is 0.116. The third-order valence-corrected chi connectivity index (χ3v) is 5.32. The van der Waals surface area contributed by atoms with Gasteiger partial charge in [-0.2, -0.15) is 0 Å². The molecule has 5 heteroatoms. The number of rotatable bonds is 4. The molecule has 1 fully saturated rings. The number of anilines is 2. The van der Waals surface area contributed by atoms with Gasteiger partial charge in [-0.05, 0) is 67.1 Å². The van der Waals surface area contributed by atoms with E-state index in [0.29, 0.717) is 11.6 Å². The number of hydrogen-bond donors (Lipinski definition) is 1. The molecule has 1 unspecified atom stereocenters. The van der Waals surface area contributed by atoms with Crippen LogP contribution in [0.15, 0.2) is 42.5 Å². The van der Waals surface area contributed by atoms with Crippen molar-refractivity contribution in [2.75, 3.05) is 25.5 Å². The van der Waals surface area contributed by atoms with Crippen LogP contribution in [0.4, 0.5) is 17.1 Å². The Kier molecular flexibility index (Phi) is 5.51. The number of benzene rings is 2. The Labute approximate surface area is 161 Å². The van der Waals surface area contributed by atoms with Gasteiger partial charge in [-0.15, -0.1) is 0 Å². The number of nitrogens with zero attached hydrogens (tertiary/aromatic N) is 2. The summed E-state index contributed by atoms with van der Waals surface area (Å²) >= 11 is 0. The number of nitro groups is 1. The molecular formula is C22H29N3O2. The van der Waals surface area contributed by atoms with E-state index < -0.39 is 0 Å². The summed E-state index contributed by atoms with van der Waals surface area (Å²) in [6.07, 6.45) is 2.40. The maximum absolute atomic E-state index is 11.6. The van der Waals surface area contributed by atoms with Crippen LogP contribution in [0.3, 0.4) is 0 Å². The molecule has 0 bridgehead atoms. The summed E-state index contributed by atoms with van der Waals surface area (Å²) in [5.74, 6) is 0.517. The molecule has 1 aliphatic heterocycles. The highest BCUT2D eigenvalue weighted by Crippen LogP contribution is 2.34. The van der Waals surface area contributed by atoms with Crippen LogP contribution in [0.5, 0.6) is 0 Å². The Balaban J connectivity index is 1.87. The van der Waals surface area contributed by atoms with Crippen LogP contribution in [-0.2, 0) is 5.41 Å². The summed E-state index contributed by atoms with van der Waals surface area (Å²) in [5.41, 5.74) is 3.67. The van der Waals surface area contributed by atoms with Crippen LogP contribution in [0.1, 0.15) is 50.7 Å². The molecule has 1 saturated heterocycles. The normalized spacial score (nSPS) is 18.3. The lowest BCUT2D eigenvalue weighted by Crippen LogP contribution is -2.30. The molecule has 1 aliphatic rings. The largest absolute Gasteiger partial charge is 0.350 e. The lowest BCUT2D eigenvalue weighted by Gasteiger charge is -2.30. The Morgan fingerprint density at radius 3 is 2.63 bits per heavy atom. The lowest BCUT2D eigenvalue weighted by atomic mass is 9.86. The Morgan fingerprint density at radius 2 is 1.96 bits per heavy atom. The SMILES string of the molecule is CN1CCCC(c2cccc(Nc3ccc(C(C)(C)C)cc3[N+](=O)[O-])c2)C1. The third kappa shape index (κ3) is 4.66. The maximum Gasteiger partial charge on any atom is 0.292 e. The van der Waals surface area contributed by atoms with Crippen molar-refractivity contribution in [2.45, 2.75) is 44.9 Å². The fourth-order valence-electron chi connectivity index (χ4n) is 3.72. The van der Waals surface area contributed by atoms with Crippen LogP contribution in [-0.4, -0.2) is 30.0 Å². The van der Waals surface area contributed by atoms with E-state index >= 15 is 0 Å². The number of piperidine rings is 1. The van der Waals surface area contributed by atoms with Crippen molar-refractivity contribution >= 4 is 17.1 Å². The fraction of sp³-hybridized carbons (Fsp3) is 0.455. The van der Waals surface area contributed by atoms with Gasteiger partial charge in [0.15, 0.2) is 0 Å². The molecule has 1 heterocycles. The van der Waals surface area contributed by atoms with Gasteiger partial charge in [0.2, 0.25) is 0 Å². The number of likely N-dealkylation sites (N-methyl/N-ethyl adjacent to an activating group) is 1. The molecule has 144 valence electrons. The minimum atomic E-state index is -0.308. The highest BCUT2D eigenvalue weighted by Gasteiger charge is 2.22. The van der Waals surface area contributed by atoms with Gasteiger partial charge in [-0.3, -0.25) is 10.1 Å². The van der Waals surface area contributed by atoms with Gasteiger partial charge in [0, 0.05) is 18.3 Å². The van der Waals surface area contributed by atoms with E-state index in [1.165, 1.54) is 18.4 Å². The number of hydrogen-bond acceptors (Lipinski definition) is 4. The summed E-state index contributed by atoms with van der Waals surface area (Å²) in [7, 11) is 2.16. The standard InChI is InChI=1S/C22H29N3O2/c1-22(2,3)18-10-11-20(21(14-18)25(26)27)23-19-9-5-7-16(13-19)17-8-6-12-24(4)15-17/h5,7,9-11,13-14,17,23H,6,8,12,15H2,1-4H3. The maximum atomic E-state index is 11.6. The molecular weight excluding hydrogens is 338 g/mol. The van der Waals surface area contributed by atoms with E-state index in [0.717, 1.165) is 24.3 Å². The second kappa shape index (κ2) is 7.69. The summed E-state index contributed by atoms with van der Waals surface area (Å²) in [4.78, 5) is 13.7. The first-order chi connectivity index (χ1) is 12.7. The first kappa shape index (κ1) is 19.4. The smallest absolute Gasteiger partial charge is 0.292 e. The first-order valence-corrected chi connectivity index (χ1v) is 9.58. The highest BCUT2D eigenvalue weighted by atomic mass is 16.6. The van der Waals surface area contributed by atoms with Crippen LogP contribution >= 0.6 is 0 Å². The third-order valence-electron chi connectivity index (χ3n) is 5.32. The molecule has 5 nitrogen and oxygen atoms in total. The topological polar surface area (TPSA) is 58.4 Å². The molecule has 1 atom stereocenters. The average Bonchev–Trinajstić information content (AvgIpc) is 2.61. The summed E-state index contributed by atoms with van der Waals surface area (Å²) in [6.45, 7) is 8.39. The van der Waals surface area contributed by atoms with Crippen LogP contribution in [0.25, 0.3) is 0 Å². The quantitative estimate of drug-likeness (QED) is 0.577. The zero-order valence-corrected chi connectivity index (χ0v) is 16.7. The van der Waals surface area contributed by atoms with Crippen molar-refractivity contribution in [2.24, 2.45) is 0 Å². The van der Waals surface area contributed by atoms with E-state index in [-0.39, 0.29) is 16.0 Å². The van der Waals surface area contributed by atoms with Crippen molar-refractivity contribution in [3.8, 4) is 0 Å². The van der Waals surface area contributed by atoms with E-state index in [9.17, 15) is 10.1 Å². The Hall–Kier alpha value is -2.40. The Morgan fingerprint density at radius 1 is 1.19 bits per heavy atom. The molecule has 27 heavy (non-hydrogen) atoms. The summed E-state index contributed by atoms with van der Waals surface area (Å²) in [6, 6.07) is 13.8. The zero-order valence-electron chi connectivity index (χ0n) is 16.7. The van der Waals surface area contributed by atoms with E-state index in [1.807, 2.05) is 24.3 Å². The van der Waals surface area contributed by atoms with Gasteiger partial charge in [0.1, 0.15) is 5.69 Å². The van der Waals surface area contributed by atoms with Crippen LogP contribution < -0.4 is 5.32 Å². The molecule has 0 radical (unpaired) electrons. The van der Waals surface area contributed by atoms with Gasteiger partial charge >= 0.3 is 0 Å². The van der Waals surface area contributed by atoms with Gasteiger partial charge in [0.05, 0.1) is 4.92 Å². The van der Waals surface area contributed by atoms with Crippen LogP contribution in [0.2, 0.25) is 0 Å². The van der Waals surface area contributed by atoms with E-state index in [4.69, 9.17) is 0 Å². The molecule has 1 N–H and O–H groups in total. The molecule has 2 aromatic carbocycles. The monoisotopic (exact) mass is 367 g/mol.